The first-order valence-electron chi connectivity index (χ1n) is 5.10. The number of nitrogens with one attached hydrogen (secondary N) is 1. The van der Waals surface area contributed by atoms with E-state index in [2.05, 4.69) is 37.2 Å². The fourth-order valence-electron chi connectivity index (χ4n) is 1.19. The lowest BCUT2D eigenvalue weighted by atomic mass is 9.88. The number of carbonyl (C=O) groups is 1. The van der Waals surface area contributed by atoms with Crippen molar-refractivity contribution in [3.63, 3.8) is 0 Å². The molecule has 0 bridgehead atoms. The van der Waals surface area contributed by atoms with Gasteiger partial charge in [0.2, 0.25) is 5.91 Å². The van der Waals surface area contributed by atoms with Crippen molar-refractivity contribution in [3.05, 3.63) is 27.1 Å². The van der Waals surface area contributed by atoms with Crippen LogP contribution in [0.15, 0.2) is 27.1 Å². The fraction of sp³-hybridized carbons (Fsp3) is 0.333. The van der Waals surface area contributed by atoms with Crippen molar-refractivity contribution in [1.82, 2.24) is 0 Å². The Bertz CT molecular complexity index is 462. The maximum absolute atomic E-state index is 12.0. The lowest BCUT2D eigenvalue weighted by Crippen LogP contribution is -2.31. The minimum absolute atomic E-state index is 0.285. The highest BCUT2D eigenvalue weighted by Crippen LogP contribution is 2.26. The highest BCUT2D eigenvalue weighted by atomic mass is 79.9. The molecule has 0 aliphatic heterocycles. The number of benzene rings is 1. The van der Waals surface area contributed by atoms with Gasteiger partial charge in [0.05, 0.1) is 6.07 Å². The molecule has 1 rings (SSSR count). The van der Waals surface area contributed by atoms with Crippen LogP contribution in [0, 0.1) is 16.7 Å². The number of hydrogen-bond donors (Lipinski definition) is 1. The predicted octanol–water partition coefficient (Wildman–Crippen LogP) is 4.09. The van der Waals surface area contributed by atoms with Crippen molar-refractivity contribution in [2.24, 2.45) is 5.41 Å². The molecular weight excluding hydrogens is 348 g/mol. The number of nitrogens with zero attached hydrogens (tertiary/aromatic N) is 1. The number of amides is 1. The molecule has 0 aliphatic carbocycles. The second-order valence-corrected chi connectivity index (χ2v) is 5.74. The number of halogens is 2. The number of carbonyl (C=O) groups excluding carboxylic acids is 1. The molecule has 1 unspecified atom stereocenters. The van der Waals surface area contributed by atoms with Gasteiger partial charge in [-0.2, -0.15) is 5.26 Å². The molecule has 1 amide bonds. The van der Waals surface area contributed by atoms with Crippen molar-refractivity contribution in [2.45, 2.75) is 20.3 Å². The molecule has 90 valence electrons. The molecule has 0 saturated heterocycles. The second kappa shape index (κ2) is 5.65. The van der Waals surface area contributed by atoms with Gasteiger partial charge in [-0.15, -0.1) is 0 Å². The summed E-state index contributed by atoms with van der Waals surface area (Å²) in [5, 5.41) is 11.8. The number of hydrogen-bond acceptors (Lipinski definition) is 2. The van der Waals surface area contributed by atoms with Gasteiger partial charge >= 0.3 is 0 Å². The Labute approximate surface area is 117 Å². The van der Waals surface area contributed by atoms with Crippen molar-refractivity contribution < 1.29 is 4.79 Å². The van der Waals surface area contributed by atoms with E-state index < -0.39 is 5.41 Å². The molecule has 1 atom stereocenters. The molecule has 5 heteroatoms. The van der Waals surface area contributed by atoms with E-state index in [-0.39, 0.29) is 5.91 Å². The number of rotatable bonds is 3. The van der Waals surface area contributed by atoms with Crippen LogP contribution in [0.3, 0.4) is 0 Å². The maximum Gasteiger partial charge on any atom is 0.244 e. The van der Waals surface area contributed by atoms with Crippen molar-refractivity contribution in [3.8, 4) is 6.07 Å². The Morgan fingerprint density at radius 2 is 1.94 bits per heavy atom. The Kier molecular flexibility index (Phi) is 4.72. The van der Waals surface area contributed by atoms with Crippen molar-refractivity contribution in [2.75, 3.05) is 5.32 Å². The van der Waals surface area contributed by atoms with E-state index in [9.17, 15) is 4.79 Å². The first kappa shape index (κ1) is 14.2. The third-order valence-electron chi connectivity index (χ3n) is 2.58. The first-order chi connectivity index (χ1) is 7.91. The van der Waals surface area contributed by atoms with Crippen LogP contribution in [0.5, 0.6) is 0 Å². The van der Waals surface area contributed by atoms with Crippen LogP contribution in [-0.2, 0) is 4.79 Å². The van der Waals surface area contributed by atoms with Gasteiger partial charge in [0.15, 0.2) is 0 Å². The average Bonchev–Trinajstić information content (AvgIpc) is 2.26. The summed E-state index contributed by atoms with van der Waals surface area (Å²) in [7, 11) is 0. The lowest BCUT2D eigenvalue weighted by Gasteiger charge is -2.18. The summed E-state index contributed by atoms with van der Waals surface area (Å²) in [6.07, 6.45) is 0.477. The predicted molar refractivity (Wildman–Crippen MR) is 74.5 cm³/mol. The number of nitriles is 1. The SMILES string of the molecule is CCC(C)(C#N)C(=O)Nc1cc(Br)cc(Br)c1. The van der Waals surface area contributed by atoms with Crippen LogP contribution < -0.4 is 5.32 Å². The molecule has 0 aliphatic rings. The van der Waals surface area contributed by atoms with E-state index in [1.807, 2.05) is 19.1 Å². The van der Waals surface area contributed by atoms with Crippen LogP contribution in [0.1, 0.15) is 20.3 Å². The molecule has 0 heterocycles. The summed E-state index contributed by atoms with van der Waals surface area (Å²) >= 11 is 6.68. The van der Waals surface area contributed by atoms with Gasteiger partial charge in [0.25, 0.3) is 0 Å². The molecule has 1 N–H and O–H groups in total. The lowest BCUT2D eigenvalue weighted by molar-refractivity contribution is -0.122. The normalized spacial score (nSPS) is 13.6. The standard InChI is InChI=1S/C12H12Br2N2O/c1-3-12(2,7-15)11(17)16-10-5-8(13)4-9(14)6-10/h4-6H,3H2,1-2H3,(H,16,17). The van der Waals surface area contributed by atoms with Crippen LogP contribution >= 0.6 is 31.9 Å². The summed E-state index contributed by atoms with van der Waals surface area (Å²) in [5.41, 5.74) is -0.333. The molecule has 1 aromatic rings. The smallest absolute Gasteiger partial charge is 0.244 e. The second-order valence-electron chi connectivity index (χ2n) is 3.91. The molecule has 17 heavy (non-hydrogen) atoms. The Morgan fingerprint density at radius 1 is 1.41 bits per heavy atom. The van der Waals surface area contributed by atoms with Crippen molar-refractivity contribution in [1.29, 1.82) is 5.26 Å². The third kappa shape index (κ3) is 3.55. The highest BCUT2D eigenvalue weighted by Gasteiger charge is 2.31. The van der Waals surface area contributed by atoms with Crippen LogP contribution in [0.25, 0.3) is 0 Å². The Hall–Kier alpha value is -0.860. The molecule has 3 nitrogen and oxygen atoms in total. The molecule has 1 aromatic carbocycles. The van der Waals surface area contributed by atoms with E-state index in [4.69, 9.17) is 5.26 Å². The molecular formula is C12H12Br2N2O. The topological polar surface area (TPSA) is 52.9 Å². The van der Waals surface area contributed by atoms with Crippen LogP contribution in [0.2, 0.25) is 0 Å². The molecule has 0 aromatic heterocycles. The zero-order chi connectivity index (χ0) is 13.1. The minimum atomic E-state index is -0.991. The van der Waals surface area contributed by atoms with E-state index in [1.165, 1.54) is 0 Å². The fourth-order valence-corrected chi connectivity index (χ4v) is 2.48. The average molecular weight is 360 g/mol. The van der Waals surface area contributed by atoms with E-state index in [1.54, 1.807) is 19.1 Å². The number of anilines is 1. The zero-order valence-electron chi connectivity index (χ0n) is 9.55. The molecule has 0 spiro atoms. The summed E-state index contributed by atoms with van der Waals surface area (Å²) in [6.45, 7) is 3.45. The first-order valence-corrected chi connectivity index (χ1v) is 6.68. The molecule has 0 saturated carbocycles. The summed E-state index contributed by atoms with van der Waals surface area (Å²) in [6, 6.07) is 7.49. The van der Waals surface area contributed by atoms with Gasteiger partial charge in [0, 0.05) is 14.6 Å². The van der Waals surface area contributed by atoms with Gasteiger partial charge in [-0.25, -0.2) is 0 Å². The quantitative estimate of drug-likeness (QED) is 0.883. The van der Waals surface area contributed by atoms with E-state index in [0.29, 0.717) is 12.1 Å². The van der Waals surface area contributed by atoms with Gasteiger partial charge in [-0.1, -0.05) is 38.8 Å². The zero-order valence-corrected chi connectivity index (χ0v) is 12.7. The summed E-state index contributed by atoms with van der Waals surface area (Å²) in [5.74, 6) is -0.285. The maximum atomic E-state index is 12.0. The molecule has 0 fully saturated rings. The van der Waals surface area contributed by atoms with Crippen molar-refractivity contribution >= 4 is 43.5 Å². The monoisotopic (exact) mass is 358 g/mol. The van der Waals surface area contributed by atoms with Gasteiger partial charge in [0.1, 0.15) is 5.41 Å². The molecule has 0 radical (unpaired) electrons. The Balaban J connectivity index is 2.92. The van der Waals surface area contributed by atoms with Gasteiger partial charge < -0.3 is 5.32 Å². The van der Waals surface area contributed by atoms with Crippen LogP contribution in [-0.4, -0.2) is 5.91 Å². The Morgan fingerprint density at radius 3 is 2.35 bits per heavy atom. The van der Waals surface area contributed by atoms with Crippen LogP contribution in [0.4, 0.5) is 5.69 Å². The van der Waals surface area contributed by atoms with Gasteiger partial charge in [-0.3, -0.25) is 4.79 Å². The highest BCUT2D eigenvalue weighted by molar-refractivity contribution is 9.11. The largest absolute Gasteiger partial charge is 0.325 e. The summed E-state index contributed by atoms with van der Waals surface area (Å²) < 4.78 is 1.72. The van der Waals surface area contributed by atoms with Gasteiger partial charge in [-0.05, 0) is 31.5 Å². The van der Waals surface area contributed by atoms with E-state index in [0.717, 1.165) is 8.95 Å². The third-order valence-corrected chi connectivity index (χ3v) is 3.49. The minimum Gasteiger partial charge on any atom is -0.325 e. The van der Waals surface area contributed by atoms with E-state index >= 15 is 0 Å². The summed E-state index contributed by atoms with van der Waals surface area (Å²) in [4.78, 5) is 12.0.